The van der Waals surface area contributed by atoms with Crippen molar-refractivity contribution in [2.24, 2.45) is 0 Å². The molecule has 2 aromatic carbocycles. The second-order valence-electron chi connectivity index (χ2n) is 4.07. The van der Waals surface area contributed by atoms with E-state index < -0.39 is 5.82 Å². The molecule has 0 unspecified atom stereocenters. The summed E-state index contributed by atoms with van der Waals surface area (Å²) in [6.07, 6.45) is 0. The smallest absolute Gasteiger partial charge is 0.141 e. The van der Waals surface area contributed by atoms with Crippen LogP contribution in [0.15, 0.2) is 42.5 Å². The summed E-state index contributed by atoms with van der Waals surface area (Å²) in [6, 6.07) is 15.8. The summed E-state index contributed by atoms with van der Waals surface area (Å²) in [4.78, 5) is 0. The van der Waals surface area contributed by atoms with Crippen LogP contribution in [0.25, 0.3) is 0 Å². The average molecular weight is 252 g/mol. The Kier molecular flexibility index (Phi) is 5.26. The zero-order valence-electron chi connectivity index (χ0n) is 10.8. The number of benzene rings is 2. The minimum absolute atomic E-state index is 0.102. The molecule has 0 saturated heterocycles. The molecule has 2 nitrogen and oxygen atoms in total. The number of rotatable bonds is 0. The van der Waals surface area contributed by atoms with E-state index in [-0.39, 0.29) is 5.56 Å². The van der Waals surface area contributed by atoms with Crippen LogP contribution < -0.4 is 0 Å². The van der Waals surface area contributed by atoms with Gasteiger partial charge in [-0.1, -0.05) is 23.8 Å². The topological polar surface area (TPSA) is 47.6 Å². The van der Waals surface area contributed by atoms with E-state index in [1.54, 1.807) is 19.1 Å². The SMILES string of the molecule is Cc1ccc(C#N)c(F)c1.Cc1ccc(C#N)cc1. The summed E-state index contributed by atoms with van der Waals surface area (Å²) in [5.74, 6) is -0.442. The highest BCUT2D eigenvalue weighted by Crippen LogP contribution is 2.07. The normalized spacial score (nSPS) is 8.68. The minimum Gasteiger partial charge on any atom is -0.206 e. The van der Waals surface area contributed by atoms with Crippen LogP contribution in [-0.2, 0) is 0 Å². The maximum absolute atomic E-state index is 12.6. The Morgan fingerprint density at radius 2 is 1.42 bits per heavy atom. The fourth-order valence-corrected chi connectivity index (χ4v) is 1.34. The molecule has 0 aromatic heterocycles. The Balaban J connectivity index is 0.000000191. The molecular formula is C16H13FN2. The van der Waals surface area contributed by atoms with E-state index in [0.717, 1.165) is 11.1 Å². The summed E-state index contributed by atoms with van der Waals surface area (Å²) in [5.41, 5.74) is 2.84. The molecule has 0 N–H and O–H groups in total. The second-order valence-corrected chi connectivity index (χ2v) is 4.07. The molecule has 3 heteroatoms. The van der Waals surface area contributed by atoms with Crippen molar-refractivity contribution in [2.75, 3.05) is 0 Å². The number of hydrogen-bond acceptors (Lipinski definition) is 2. The van der Waals surface area contributed by atoms with Gasteiger partial charge in [-0.3, -0.25) is 0 Å². The van der Waals surface area contributed by atoms with Gasteiger partial charge >= 0.3 is 0 Å². The van der Waals surface area contributed by atoms with Gasteiger partial charge in [0.25, 0.3) is 0 Å². The van der Waals surface area contributed by atoms with Crippen molar-refractivity contribution in [1.82, 2.24) is 0 Å². The Bertz CT molecular complexity index is 631. The van der Waals surface area contributed by atoms with Gasteiger partial charge in [-0.15, -0.1) is 0 Å². The van der Waals surface area contributed by atoms with E-state index in [1.165, 1.54) is 17.7 Å². The van der Waals surface area contributed by atoms with Crippen molar-refractivity contribution in [3.05, 3.63) is 70.5 Å². The maximum Gasteiger partial charge on any atom is 0.141 e. The molecule has 0 heterocycles. The Morgan fingerprint density at radius 1 is 0.842 bits per heavy atom. The van der Waals surface area contributed by atoms with Crippen LogP contribution in [0, 0.1) is 42.3 Å². The summed E-state index contributed by atoms with van der Waals surface area (Å²) in [7, 11) is 0. The molecule has 0 atom stereocenters. The molecule has 19 heavy (non-hydrogen) atoms. The highest BCUT2D eigenvalue weighted by atomic mass is 19.1. The molecular weight excluding hydrogens is 239 g/mol. The zero-order chi connectivity index (χ0) is 14.3. The quantitative estimate of drug-likeness (QED) is 0.714. The van der Waals surface area contributed by atoms with Crippen molar-refractivity contribution < 1.29 is 4.39 Å². The first-order valence-corrected chi connectivity index (χ1v) is 5.70. The van der Waals surface area contributed by atoms with E-state index in [0.29, 0.717) is 0 Å². The van der Waals surface area contributed by atoms with Gasteiger partial charge in [0, 0.05) is 0 Å². The van der Waals surface area contributed by atoms with E-state index >= 15 is 0 Å². The third-order valence-corrected chi connectivity index (χ3v) is 2.43. The molecule has 2 rings (SSSR count). The molecule has 0 amide bonds. The van der Waals surface area contributed by atoms with Crippen LogP contribution in [0.1, 0.15) is 22.3 Å². The van der Waals surface area contributed by atoms with Crippen LogP contribution in [0.3, 0.4) is 0 Å². The van der Waals surface area contributed by atoms with Gasteiger partial charge in [0.15, 0.2) is 0 Å². The molecule has 0 aliphatic heterocycles. The van der Waals surface area contributed by atoms with Crippen molar-refractivity contribution >= 4 is 0 Å². The molecule has 2 aromatic rings. The Labute approximate surface area is 112 Å². The first kappa shape index (κ1) is 14.4. The maximum atomic E-state index is 12.6. The third kappa shape index (κ3) is 4.61. The summed E-state index contributed by atoms with van der Waals surface area (Å²) in [5, 5.41) is 16.7. The molecule has 0 aliphatic rings. The molecule has 0 radical (unpaired) electrons. The van der Waals surface area contributed by atoms with Gasteiger partial charge in [0.1, 0.15) is 11.9 Å². The molecule has 0 fully saturated rings. The van der Waals surface area contributed by atoms with Crippen LogP contribution in [-0.4, -0.2) is 0 Å². The van der Waals surface area contributed by atoms with Crippen LogP contribution in [0.5, 0.6) is 0 Å². The van der Waals surface area contributed by atoms with E-state index in [4.69, 9.17) is 10.5 Å². The third-order valence-electron chi connectivity index (χ3n) is 2.43. The summed E-state index contributed by atoms with van der Waals surface area (Å²) >= 11 is 0. The lowest BCUT2D eigenvalue weighted by molar-refractivity contribution is 0.623. The minimum atomic E-state index is -0.442. The molecule has 94 valence electrons. The van der Waals surface area contributed by atoms with Gasteiger partial charge < -0.3 is 0 Å². The lowest BCUT2D eigenvalue weighted by atomic mass is 10.1. The number of halogens is 1. The first-order valence-electron chi connectivity index (χ1n) is 5.70. The second kappa shape index (κ2) is 6.93. The molecule has 0 bridgehead atoms. The largest absolute Gasteiger partial charge is 0.206 e. The molecule has 0 spiro atoms. The van der Waals surface area contributed by atoms with E-state index in [1.807, 2.05) is 31.2 Å². The Morgan fingerprint density at radius 3 is 1.89 bits per heavy atom. The lowest BCUT2D eigenvalue weighted by Gasteiger charge is -1.92. The highest BCUT2D eigenvalue weighted by Gasteiger charge is 1.98. The molecule has 0 saturated carbocycles. The summed E-state index contributed by atoms with van der Waals surface area (Å²) < 4.78 is 12.6. The van der Waals surface area contributed by atoms with Gasteiger partial charge in [-0.25, -0.2) is 4.39 Å². The Hall–Kier alpha value is -2.65. The number of nitrogens with zero attached hydrogens (tertiary/aromatic N) is 2. The fourth-order valence-electron chi connectivity index (χ4n) is 1.34. The van der Waals surface area contributed by atoms with Gasteiger partial charge in [-0.2, -0.15) is 10.5 Å². The number of hydrogen-bond donors (Lipinski definition) is 0. The number of nitriles is 2. The van der Waals surface area contributed by atoms with Gasteiger partial charge in [0.2, 0.25) is 0 Å². The summed E-state index contributed by atoms with van der Waals surface area (Å²) in [6.45, 7) is 3.78. The zero-order valence-corrected chi connectivity index (χ0v) is 10.8. The first-order chi connectivity index (χ1) is 9.06. The standard InChI is InChI=1S/C8H6FN.C8H7N/c1-6-2-3-7(5-10)8(9)4-6;1-7-2-4-8(6-9)5-3-7/h2-4H,1H3;2-5H,1H3. The predicted molar refractivity (Wildman–Crippen MR) is 71.7 cm³/mol. The predicted octanol–water partition coefficient (Wildman–Crippen LogP) is 3.87. The van der Waals surface area contributed by atoms with E-state index in [9.17, 15) is 4.39 Å². The van der Waals surface area contributed by atoms with Gasteiger partial charge in [0.05, 0.1) is 17.2 Å². The van der Waals surface area contributed by atoms with Crippen LogP contribution in [0.2, 0.25) is 0 Å². The van der Waals surface area contributed by atoms with E-state index in [2.05, 4.69) is 6.07 Å². The van der Waals surface area contributed by atoms with Crippen molar-refractivity contribution in [2.45, 2.75) is 13.8 Å². The highest BCUT2D eigenvalue weighted by molar-refractivity contribution is 5.32. The van der Waals surface area contributed by atoms with Crippen molar-refractivity contribution in [3.8, 4) is 12.1 Å². The van der Waals surface area contributed by atoms with Crippen molar-refractivity contribution in [1.29, 1.82) is 10.5 Å². The van der Waals surface area contributed by atoms with Crippen molar-refractivity contribution in [3.63, 3.8) is 0 Å². The van der Waals surface area contributed by atoms with Crippen LogP contribution >= 0.6 is 0 Å². The molecule has 0 aliphatic carbocycles. The average Bonchev–Trinajstić information content (AvgIpc) is 2.40. The lowest BCUT2D eigenvalue weighted by Crippen LogP contribution is -1.82. The van der Waals surface area contributed by atoms with Gasteiger partial charge in [-0.05, 0) is 43.7 Å². The number of aryl methyl sites for hydroxylation is 2. The fraction of sp³-hybridized carbons (Fsp3) is 0.125. The monoisotopic (exact) mass is 252 g/mol. The van der Waals surface area contributed by atoms with Crippen LogP contribution in [0.4, 0.5) is 4.39 Å².